The van der Waals surface area contributed by atoms with Crippen LogP contribution in [-0.2, 0) is 6.42 Å². The molecule has 1 rings (SSSR count). The van der Waals surface area contributed by atoms with E-state index in [0.29, 0.717) is 24.9 Å². The van der Waals surface area contributed by atoms with Crippen molar-refractivity contribution in [1.29, 1.82) is 0 Å². The van der Waals surface area contributed by atoms with Crippen LogP contribution in [0.3, 0.4) is 0 Å². The van der Waals surface area contributed by atoms with E-state index < -0.39 is 12.2 Å². The molecule has 1 aromatic carbocycles. The monoisotopic (exact) mass is 203 g/mol. The molecule has 0 aliphatic heterocycles. The highest BCUT2D eigenvalue weighted by Crippen LogP contribution is 2.21. The van der Waals surface area contributed by atoms with Crippen LogP contribution in [0.1, 0.15) is 24.0 Å². The Morgan fingerprint density at radius 3 is 2.57 bits per heavy atom. The topological polar surface area (TPSA) is 26.0 Å². The summed E-state index contributed by atoms with van der Waals surface area (Å²) < 4.78 is 37.6. The second-order valence-corrected chi connectivity index (χ2v) is 3.04. The zero-order valence-electron chi connectivity index (χ0n) is 7.64. The summed E-state index contributed by atoms with van der Waals surface area (Å²) in [5.74, 6) is -0.442. The molecule has 0 unspecified atom stereocenters. The van der Waals surface area contributed by atoms with Gasteiger partial charge in [-0.25, -0.2) is 13.2 Å². The molecular weight excluding hydrogens is 191 g/mol. The van der Waals surface area contributed by atoms with Gasteiger partial charge in [0, 0.05) is 5.56 Å². The number of halogens is 3. The molecule has 4 heteroatoms. The van der Waals surface area contributed by atoms with Gasteiger partial charge in [-0.3, -0.25) is 0 Å². The molecule has 0 atom stereocenters. The summed E-state index contributed by atoms with van der Waals surface area (Å²) in [6.07, 6.45) is -1.54. The van der Waals surface area contributed by atoms with E-state index in [9.17, 15) is 13.2 Å². The second kappa shape index (κ2) is 5.00. The minimum absolute atomic E-state index is 0.140. The zero-order valence-corrected chi connectivity index (χ0v) is 7.64. The van der Waals surface area contributed by atoms with Crippen molar-refractivity contribution in [3.8, 4) is 0 Å². The molecule has 0 aliphatic carbocycles. The molecule has 0 heterocycles. The summed E-state index contributed by atoms with van der Waals surface area (Å²) in [4.78, 5) is 0. The fourth-order valence-corrected chi connectivity index (χ4v) is 1.21. The molecular formula is C10H12F3N. The Morgan fingerprint density at radius 1 is 1.29 bits per heavy atom. The maximum absolute atomic E-state index is 13.1. The number of hydrogen-bond acceptors (Lipinski definition) is 1. The molecule has 0 spiro atoms. The second-order valence-electron chi connectivity index (χ2n) is 3.04. The van der Waals surface area contributed by atoms with Crippen LogP contribution < -0.4 is 5.73 Å². The highest BCUT2D eigenvalue weighted by atomic mass is 19.3. The highest BCUT2D eigenvalue weighted by molar-refractivity contribution is 5.26. The first-order valence-corrected chi connectivity index (χ1v) is 4.41. The van der Waals surface area contributed by atoms with Crippen LogP contribution >= 0.6 is 0 Å². The minimum Gasteiger partial charge on any atom is -0.330 e. The van der Waals surface area contributed by atoms with Crippen molar-refractivity contribution in [1.82, 2.24) is 0 Å². The first-order chi connectivity index (χ1) is 6.65. The van der Waals surface area contributed by atoms with Crippen LogP contribution in [0.5, 0.6) is 0 Å². The van der Waals surface area contributed by atoms with E-state index in [2.05, 4.69) is 0 Å². The lowest BCUT2D eigenvalue weighted by Crippen LogP contribution is -2.02. The van der Waals surface area contributed by atoms with Crippen molar-refractivity contribution in [3.05, 3.63) is 35.1 Å². The molecule has 0 bridgehead atoms. The first kappa shape index (κ1) is 11.0. The summed E-state index contributed by atoms with van der Waals surface area (Å²) in [5, 5.41) is 0. The predicted molar refractivity (Wildman–Crippen MR) is 48.7 cm³/mol. The summed E-state index contributed by atoms with van der Waals surface area (Å²) in [6.45, 7) is 0.429. The molecule has 0 amide bonds. The van der Waals surface area contributed by atoms with E-state index in [-0.39, 0.29) is 5.56 Å². The normalized spacial score (nSPS) is 10.9. The summed E-state index contributed by atoms with van der Waals surface area (Å²) in [6, 6.07) is 3.38. The van der Waals surface area contributed by atoms with Crippen LogP contribution in [0, 0.1) is 5.82 Å². The molecule has 2 N–H and O–H groups in total. The standard InChI is InChI=1S/C10H12F3N/c11-9-4-3-8(10(12)13)6-7(9)2-1-5-14/h3-4,6,10H,1-2,5,14H2. The van der Waals surface area contributed by atoms with Crippen LogP contribution in [0.15, 0.2) is 18.2 Å². The molecule has 0 saturated carbocycles. The lowest BCUT2D eigenvalue weighted by Gasteiger charge is -2.05. The average Bonchev–Trinajstić information content (AvgIpc) is 2.16. The van der Waals surface area contributed by atoms with Gasteiger partial charge in [-0.2, -0.15) is 0 Å². The number of aryl methyl sites for hydroxylation is 1. The fourth-order valence-electron chi connectivity index (χ4n) is 1.21. The fraction of sp³-hybridized carbons (Fsp3) is 0.400. The number of benzene rings is 1. The predicted octanol–water partition coefficient (Wildman–Crippen LogP) is 2.65. The largest absolute Gasteiger partial charge is 0.330 e. The summed E-state index contributed by atoms with van der Waals surface area (Å²) in [5.41, 5.74) is 5.43. The van der Waals surface area contributed by atoms with E-state index in [1.807, 2.05) is 0 Å². The van der Waals surface area contributed by atoms with Gasteiger partial charge in [-0.05, 0) is 37.1 Å². The van der Waals surface area contributed by atoms with E-state index in [4.69, 9.17) is 5.73 Å². The van der Waals surface area contributed by atoms with Gasteiger partial charge in [0.2, 0.25) is 0 Å². The van der Waals surface area contributed by atoms with E-state index in [0.717, 1.165) is 12.1 Å². The van der Waals surface area contributed by atoms with Crippen molar-refractivity contribution < 1.29 is 13.2 Å². The van der Waals surface area contributed by atoms with E-state index in [1.54, 1.807) is 0 Å². The van der Waals surface area contributed by atoms with Gasteiger partial charge < -0.3 is 5.73 Å². The number of rotatable bonds is 4. The summed E-state index contributed by atoms with van der Waals surface area (Å²) in [7, 11) is 0. The third kappa shape index (κ3) is 2.73. The van der Waals surface area contributed by atoms with Crippen LogP contribution in [0.2, 0.25) is 0 Å². The molecule has 0 saturated heterocycles. The Balaban J connectivity index is 2.85. The number of hydrogen-bond donors (Lipinski definition) is 1. The Kier molecular flexibility index (Phi) is 3.95. The molecule has 1 aromatic rings. The number of nitrogens with two attached hydrogens (primary N) is 1. The van der Waals surface area contributed by atoms with Gasteiger partial charge in [-0.1, -0.05) is 6.07 Å². The van der Waals surface area contributed by atoms with Crippen molar-refractivity contribution >= 4 is 0 Å². The Bertz CT molecular complexity index is 299. The van der Waals surface area contributed by atoms with Gasteiger partial charge in [0.05, 0.1) is 0 Å². The van der Waals surface area contributed by atoms with Gasteiger partial charge in [0.15, 0.2) is 0 Å². The van der Waals surface area contributed by atoms with Gasteiger partial charge in [0.25, 0.3) is 6.43 Å². The molecule has 1 nitrogen and oxygen atoms in total. The third-order valence-electron chi connectivity index (χ3n) is 1.97. The van der Waals surface area contributed by atoms with Gasteiger partial charge >= 0.3 is 0 Å². The molecule has 0 aliphatic rings. The molecule has 14 heavy (non-hydrogen) atoms. The molecule has 0 fully saturated rings. The maximum Gasteiger partial charge on any atom is 0.263 e. The third-order valence-corrected chi connectivity index (χ3v) is 1.97. The Morgan fingerprint density at radius 2 is 2.00 bits per heavy atom. The first-order valence-electron chi connectivity index (χ1n) is 4.41. The van der Waals surface area contributed by atoms with Crippen molar-refractivity contribution in [2.45, 2.75) is 19.3 Å². The number of alkyl halides is 2. The Hall–Kier alpha value is -1.03. The van der Waals surface area contributed by atoms with Crippen molar-refractivity contribution in [2.75, 3.05) is 6.54 Å². The SMILES string of the molecule is NCCCc1cc(C(F)F)ccc1F. The highest BCUT2D eigenvalue weighted by Gasteiger charge is 2.10. The van der Waals surface area contributed by atoms with Crippen molar-refractivity contribution in [2.24, 2.45) is 5.73 Å². The lowest BCUT2D eigenvalue weighted by atomic mass is 10.1. The molecule has 0 radical (unpaired) electrons. The van der Waals surface area contributed by atoms with Crippen molar-refractivity contribution in [3.63, 3.8) is 0 Å². The minimum atomic E-state index is -2.55. The Labute approximate surface area is 80.7 Å². The lowest BCUT2D eigenvalue weighted by molar-refractivity contribution is 0.151. The van der Waals surface area contributed by atoms with Gasteiger partial charge in [0.1, 0.15) is 5.82 Å². The average molecular weight is 203 g/mol. The van der Waals surface area contributed by atoms with Crippen LogP contribution in [-0.4, -0.2) is 6.54 Å². The summed E-state index contributed by atoms with van der Waals surface area (Å²) >= 11 is 0. The quantitative estimate of drug-likeness (QED) is 0.799. The van der Waals surface area contributed by atoms with E-state index in [1.165, 1.54) is 6.07 Å². The van der Waals surface area contributed by atoms with Crippen LogP contribution in [0.25, 0.3) is 0 Å². The van der Waals surface area contributed by atoms with Crippen LogP contribution in [0.4, 0.5) is 13.2 Å². The van der Waals surface area contributed by atoms with Gasteiger partial charge in [-0.15, -0.1) is 0 Å². The molecule has 0 aromatic heterocycles. The molecule has 78 valence electrons. The zero-order chi connectivity index (χ0) is 10.6. The van der Waals surface area contributed by atoms with E-state index >= 15 is 0 Å². The smallest absolute Gasteiger partial charge is 0.263 e. The maximum atomic E-state index is 13.1.